The van der Waals surface area contributed by atoms with Gasteiger partial charge >= 0.3 is 5.97 Å². The minimum Gasteiger partial charge on any atom is -0.465 e. The van der Waals surface area contributed by atoms with Crippen molar-refractivity contribution in [3.05, 3.63) is 22.5 Å². The highest BCUT2D eigenvalue weighted by atomic mass is 16.5. The fraction of sp³-hybridized carbons (Fsp3) is 0.684. The van der Waals surface area contributed by atoms with Gasteiger partial charge in [0.05, 0.1) is 24.9 Å². The summed E-state index contributed by atoms with van der Waals surface area (Å²) in [6.07, 6.45) is 6.60. The van der Waals surface area contributed by atoms with Crippen LogP contribution in [0.2, 0.25) is 0 Å². The van der Waals surface area contributed by atoms with Crippen molar-refractivity contribution >= 4 is 11.8 Å². The van der Waals surface area contributed by atoms with Crippen molar-refractivity contribution in [3.63, 3.8) is 0 Å². The molecular formula is C19H28N2O3. The first kappa shape index (κ1) is 17.2. The predicted molar refractivity (Wildman–Crippen MR) is 92.4 cm³/mol. The van der Waals surface area contributed by atoms with E-state index in [-0.39, 0.29) is 11.8 Å². The number of methoxy groups -OCH3 is 1. The number of piperidine rings is 1. The maximum Gasteiger partial charge on any atom is 0.339 e. The average Bonchev–Trinajstić information content (AvgIpc) is 2.88. The quantitative estimate of drug-likeness (QED) is 0.680. The van der Waals surface area contributed by atoms with Crippen LogP contribution in [0.15, 0.2) is 0 Å². The molecular weight excluding hydrogens is 304 g/mol. The van der Waals surface area contributed by atoms with E-state index in [4.69, 9.17) is 4.74 Å². The van der Waals surface area contributed by atoms with E-state index < -0.39 is 0 Å². The van der Waals surface area contributed by atoms with Crippen molar-refractivity contribution < 1.29 is 14.3 Å². The van der Waals surface area contributed by atoms with Crippen LogP contribution < -0.4 is 0 Å². The second kappa shape index (κ2) is 7.09. The molecule has 1 aromatic rings. The summed E-state index contributed by atoms with van der Waals surface area (Å²) in [6, 6.07) is 0. The Morgan fingerprint density at radius 3 is 2.58 bits per heavy atom. The molecule has 1 N–H and O–H groups in total. The molecule has 5 heteroatoms. The zero-order chi connectivity index (χ0) is 17.3. The van der Waals surface area contributed by atoms with Crippen LogP contribution in [-0.4, -0.2) is 48.4 Å². The number of Topliss-reactive ketones (excluding diaryl/α,β-unsaturated/α-hetero) is 1. The lowest BCUT2D eigenvalue weighted by Gasteiger charge is -2.41. The normalized spacial score (nSPS) is 24.5. The Kier molecular flexibility index (Phi) is 5.09. The second-order valence-corrected chi connectivity index (χ2v) is 7.37. The van der Waals surface area contributed by atoms with Gasteiger partial charge in [-0.15, -0.1) is 0 Å². The number of fused-ring (bicyclic) bond motifs is 1. The summed E-state index contributed by atoms with van der Waals surface area (Å²) in [4.78, 5) is 30.0. The van der Waals surface area contributed by atoms with Gasteiger partial charge in [0.2, 0.25) is 0 Å². The number of ether oxygens (including phenoxy) is 1. The van der Waals surface area contributed by atoms with Crippen LogP contribution in [-0.2, 0) is 4.74 Å². The maximum absolute atomic E-state index is 12.7. The number of carbonyl (C=O) groups excluding carboxylic acids is 2. The van der Waals surface area contributed by atoms with Crippen molar-refractivity contribution in [3.8, 4) is 0 Å². The SMILES string of the molecule is COC(=O)c1c(C)[nH]c(C(=O)CN2CC[C@@H]3CCCC[C@H]3C2)c1C. The smallest absolute Gasteiger partial charge is 0.339 e. The molecule has 2 aliphatic rings. The van der Waals surface area contributed by atoms with E-state index in [1.165, 1.54) is 39.2 Å². The predicted octanol–water partition coefficient (Wildman–Crippen LogP) is 3.11. The van der Waals surface area contributed by atoms with E-state index in [0.717, 1.165) is 24.9 Å². The summed E-state index contributed by atoms with van der Waals surface area (Å²) in [5.74, 6) is 1.31. The Balaban J connectivity index is 1.68. The Hall–Kier alpha value is -1.62. The van der Waals surface area contributed by atoms with Crippen LogP contribution in [0.25, 0.3) is 0 Å². The molecule has 2 heterocycles. The maximum atomic E-state index is 12.7. The average molecular weight is 332 g/mol. The highest BCUT2D eigenvalue weighted by Crippen LogP contribution is 2.36. The van der Waals surface area contributed by atoms with Gasteiger partial charge < -0.3 is 9.72 Å². The lowest BCUT2D eigenvalue weighted by molar-refractivity contribution is 0.0599. The first-order valence-electron chi connectivity index (χ1n) is 9.04. The molecule has 0 aromatic carbocycles. The summed E-state index contributed by atoms with van der Waals surface area (Å²) in [6.45, 7) is 6.11. The first-order valence-corrected chi connectivity index (χ1v) is 9.04. The molecule has 0 spiro atoms. The van der Waals surface area contributed by atoms with Crippen LogP contribution >= 0.6 is 0 Å². The number of H-pyrrole nitrogens is 1. The summed E-state index contributed by atoms with van der Waals surface area (Å²) in [7, 11) is 1.37. The molecule has 1 saturated carbocycles. The first-order chi connectivity index (χ1) is 11.5. The number of hydrogen-bond donors (Lipinski definition) is 1. The van der Waals surface area contributed by atoms with Crippen molar-refractivity contribution in [2.24, 2.45) is 11.8 Å². The minimum absolute atomic E-state index is 0.0695. The van der Waals surface area contributed by atoms with Crippen LogP contribution in [0.5, 0.6) is 0 Å². The minimum atomic E-state index is -0.386. The van der Waals surface area contributed by atoms with Gasteiger partial charge in [-0.2, -0.15) is 0 Å². The summed E-state index contributed by atoms with van der Waals surface area (Å²) < 4.78 is 4.82. The van der Waals surface area contributed by atoms with Gasteiger partial charge in [-0.3, -0.25) is 9.69 Å². The van der Waals surface area contributed by atoms with Crippen LogP contribution in [0, 0.1) is 25.7 Å². The fourth-order valence-corrected chi connectivity index (χ4v) is 4.54. The topological polar surface area (TPSA) is 62.4 Å². The lowest BCUT2D eigenvalue weighted by atomic mass is 9.75. The largest absolute Gasteiger partial charge is 0.465 e. The molecule has 1 aliphatic heterocycles. The van der Waals surface area contributed by atoms with Gasteiger partial charge in [0.1, 0.15) is 0 Å². The number of aromatic amines is 1. The molecule has 0 amide bonds. The summed E-state index contributed by atoms with van der Waals surface area (Å²) in [5.41, 5.74) is 2.45. The van der Waals surface area contributed by atoms with E-state index >= 15 is 0 Å². The number of carbonyl (C=O) groups is 2. The standard InChI is InChI=1S/C19H28N2O3/c1-12-17(19(23)24-3)13(2)20-18(12)16(22)11-21-9-8-14-6-4-5-7-15(14)10-21/h14-15,20H,4-11H2,1-3H3/t14-,15-/m0/s1. The van der Waals surface area contributed by atoms with Gasteiger partial charge in [0.15, 0.2) is 5.78 Å². The molecule has 24 heavy (non-hydrogen) atoms. The van der Waals surface area contributed by atoms with Gasteiger partial charge in [0.25, 0.3) is 0 Å². The highest BCUT2D eigenvalue weighted by molar-refractivity contribution is 6.02. The molecule has 0 unspecified atom stereocenters. The third kappa shape index (κ3) is 3.27. The molecule has 3 rings (SSSR count). The lowest BCUT2D eigenvalue weighted by Crippen LogP contribution is -2.44. The molecule has 0 radical (unpaired) electrons. The van der Waals surface area contributed by atoms with E-state index in [9.17, 15) is 9.59 Å². The second-order valence-electron chi connectivity index (χ2n) is 7.37. The summed E-state index contributed by atoms with van der Waals surface area (Å²) in [5, 5.41) is 0. The van der Waals surface area contributed by atoms with Crippen molar-refractivity contribution in [1.82, 2.24) is 9.88 Å². The van der Waals surface area contributed by atoms with Crippen LogP contribution in [0.4, 0.5) is 0 Å². The number of ketones is 1. The van der Waals surface area contributed by atoms with E-state index in [1.54, 1.807) is 0 Å². The molecule has 5 nitrogen and oxygen atoms in total. The molecule has 1 aliphatic carbocycles. The van der Waals surface area contributed by atoms with Gasteiger partial charge in [0, 0.05) is 12.2 Å². The van der Waals surface area contributed by atoms with E-state index in [0.29, 0.717) is 29.1 Å². The molecule has 1 saturated heterocycles. The van der Waals surface area contributed by atoms with Crippen molar-refractivity contribution in [2.75, 3.05) is 26.7 Å². The third-order valence-corrected chi connectivity index (χ3v) is 5.85. The zero-order valence-electron chi connectivity index (χ0n) is 15.0. The van der Waals surface area contributed by atoms with Crippen LogP contribution in [0.1, 0.15) is 64.2 Å². The van der Waals surface area contributed by atoms with E-state index in [2.05, 4.69) is 9.88 Å². The molecule has 2 fully saturated rings. The molecule has 2 atom stereocenters. The number of esters is 1. The number of aryl methyl sites for hydroxylation is 1. The monoisotopic (exact) mass is 332 g/mol. The number of aromatic nitrogens is 1. The number of nitrogens with one attached hydrogen (secondary N) is 1. The van der Waals surface area contributed by atoms with E-state index in [1.807, 2.05) is 13.8 Å². The Bertz CT molecular complexity index is 635. The number of nitrogens with zero attached hydrogens (tertiary/aromatic N) is 1. The highest BCUT2D eigenvalue weighted by Gasteiger charge is 2.32. The zero-order valence-corrected chi connectivity index (χ0v) is 15.0. The molecule has 1 aromatic heterocycles. The number of likely N-dealkylation sites (tertiary alicyclic amines) is 1. The number of rotatable bonds is 4. The Morgan fingerprint density at radius 2 is 1.88 bits per heavy atom. The molecule has 132 valence electrons. The van der Waals surface area contributed by atoms with Gasteiger partial charge in [-0.25, -0.2) is 4.79 Å². The van der Waals surface area contributed by atoms with Crippen molar-refractivity contribution in [2.45, 2.75) is 46.0 Å². The fourth-order valence-electron chi connectivity index (χ4n) is 4.54. The van der Waals surface area contributed by atoms with Crippen molar-refractivity contribution in [1.29, 1.82) is 0 Å². The van der Waals surface area contributed by atoms with Crippen LogP contribution in [0.3, 0.4) is 0 Å². The third-order valence-electron chi connectivity index (χ3n) is 5.85. The summed E-state index contributed by atoms with van der Waals surface area (Å²) >= 11 is 0. The Morgan fingerprint density at radius 1 is 1.17 bits per heavy atom. The van der Waals surface area contributed by atoms with Gasteiger partial charge in [-0.05, 0) is 50.6 Å². The number of hydrogen-bond acceptors (Lipinski definition) is 4. The Labute approximate surface area is 143 Å². The molecule has 0 bridgehead atoms. The van der Waals surface area contributed by atoms with Gasteiger partial charge in [-0.1, -0.05) is 19.3 Å².